The first-order chi connectivity index (χ1) is 16.3. The van der Waals surface area contributed by atoms with Crippen molar-refractivity contribution in [2.45, 2.75) is 30.3 Å². The Kier molecular flexibility index (Phi) is 5.56. The van der Waals surface area contributed by atoms with Crippen LogP contribution in [0.2, 0.25) is 0 Å². The van der Waals surface area contributed by atoms with Gasteiger partial charge in [0.25, 0.3) is 5.91 Å². The molecule has 10 nitrogen and oxygen atoms in total. The number of fused-ring (bicyclic) bond motifs is 1. The van der Waals surface area contributed by atoms with Crippen molar-refractivity contribution in [2.24, 2.45) is 0 Å². The maximum absolute atomic E-state index is 14.5. The highest BCUT2D eigenvalue weighted by atomic mass is 32.2. The van der Waals surface area contributed by atoms with Gasteiger partial charge < -0.3 is 9.80 Å². The Labute approximate surface area is 195 Å². The molecule has 12 heteroatoms. The molecule has 2 aromatic rings. The summed E-state index contributed by atoms with van der Waals surface area (Å²) in [6.07, 6.45) is 3.15. The van der Waals surface area contributed by atoms with Crippen LogP contribution in [0.3, 0.4) is 0 Å². The average Bonchev–Trinajstić information content (AvgIpc) is 3.15. The third-order valence-electron chi connectivity index (χ3n) is 6.45. The van der Waals surface area contributed by atoms with Crippen LogP contribution in [0.15, 0.2) is 41.6 Å². The molecule has 1 unspecified atom stereocenters. The first-order valence-corrected chi connectivity index (χ1v) is 12.3. The number of piperidine rings is 1. The number of hydrogen-bond donors (Lipinski definition) is 1. The predicted octanol–water partition coefficient (Wildman–Crippen LogP) is 0.493. The lowest BCUT2D eigenvalue weighted by Gasteiger charge is -2.36. The van der Waals surface area contributed by atoms with Gasteiger partial charge >= 0.3 is 0 Å². The molecule has 1 aromatic carbocycles. The van der Waals surface area contributed by atoms with Crippen LogP contribution in [-0.2, 0) is 26.2 Å². The standard InChI is InChI=1S/C22H22FN5O5S/c23-14-10-16-17(13-28(22(16)31)18-3-4-20(29)25-21(18)30)19(11-14)26-6-8-27(9-7-26)34(32,33)15-2-1-5-24-12-15/h1-2,5,10-12,18H,3-4,6-9,13H2,(H,25,29,30). The number of benzene rings is 1. The van der Waals surface area contributed by atoms with Crippen LogP contribution in [0.25, 0.3) is 0 Å². The molecule has 0 aliphatic carbocycles. The number of nitrogens with one attached hydrogen (secondary N) is 1. The number of imide groups is 1. The van der Waals surface area contributed by atoms with Gasteiger partial charge in [0.2, 0.25) is 21.8 Å². The molecule has 178 valence electrons. The molecule has 2 saturated heterocycles. The quantitative estimate of drug-likeness (QED) is 0.624. The van der Waals surface area contributed by atoms with Gasteiger partial charge in [-0.2, -0.15) is 4.31 Å². The fraction of sp³-hybridized carbons (Fsp3) is 0.364. The number of carbonyl (C=O) groups excluding carboxylic acids is 3. The zero-order valence-electron chi connectivity index (χ0n) is 18.1. The van der Waals surface area contributed by atoms with Crippen molar-refractivity contribution in [1.82, 2.24) is 19.5 Å². The number of sulfonamides is 1. The van der Waals surface area contributed by atoms with Gasteiger partial charge in [0.05, 0.1) is 0 Å². The molecule has 3 aliphatic rings. The first kappa shape index (κ1) is 22.4. The number of nitrogens with zero attached hydrogens (tertiary/aromatic N) is 4. The zero-order valence-corrected chi connectivity index (χ0v) is 18.9. The van der Waals surface area contributed by atoms with Crippen molar-refractivity contribution in [2.75, 3.05) is 31.1 Å². The van der Waals surface area contributed by atoms with Gasteiger partial charge in [-0.3, -0.25) is 24.7 Å². The average molecular weight is 488 g/mol. The fourth-order valence-corrected chi connectivity index (χ4v) is 6.09. The number of aromatic nitrogens is 1. The van der Waals surface area contributed by atoms with E-state index in [4.69, 9.17) is 0 Å². The summed E-state index contributed by atoms with van der Waals surface area (Å²) in [4.78, 5) is 44.1. The summed E-state index contributed by atoms with van der Waals surface area (Å²) in [5.41, 5.74) is 1.29. The summed E-state index contributed by atoms with van der Waals surface area (Å²) in [5, 5.41) is 2.25. The van der Waals surface area contributed by atoms with Crippen molar-refractivity contribution >= 4 is 33.4 Å². The minimum Gasteiger partial charge on any atom is -0.369 e. The predicted molar refractivity (Wildman–Crippen MR) is 118 cm³/mol. The molecular formula is C22H22FN5O5S. The van der Waals surface area contributed by atoms with Gasteiger partial charge in [0.15, 0.2) is 0 Å². The minimum absolute atomic E-state index is 0.112. The lowest BCUT2D eigenvalue weighted by molar-refractivity contribution is -0.136. The number of halogens is 1. The maximum atomic E-state index is 14.5. The van der Waals surface area contributed by atoms with Crippen LogP contribution in [0.5, 0.6) is 0 Å². The Bertz CT molecular complexity index is 1280. The number of anilines is 1. The molecule has 0 bridgehead atoms. The second-order valence-corrected chi connectivity index (χ2v) is 10.4. The van der Waals surface area contributed by atoms with E-state index in [1.807, 2.05) is 4.90 Å². The molecule has 34 heavy (non-hydrogen) atoms. The van der Waals surface area contributed by atoms with Gasteiger partial charge in [0, 0.05) is 68.4 Å². The molecule has 1 atom stereocenters. The zero-order chi connectivity index (χ0) is 24.0. The molecule has 0 radical (unpaired) electrons. The maximum Gasteiger partial charge on any atom is 0.255 e. The van der Waals surface area contributed by atoms with Crippen molar-refractivity contribution in [1.29, 1.82) is 0 Å². The van der Waals surface area contributed by atoms with Crippen molar-refractivity contribution in [3.63, 3.8) is 0 Å². The first-order valence-electron chi connectivity index (χ1n) is 10.9. The minimum atomic E-state index is -3.69. The van der Waals surface area contributed by atoms with E-state index in [1.54, 1.807) is 6.07 Å². The van der Waals surface area contributed by atoms with E-state index in [0.29, 0.717) is 24.3 Å². The second-order valence-electron chi connectivity index (χ2n) is 8.43. The number of rotatable bonds is 4. The summed E-state index contributed by atoms with van der Waals surface area (Å²) >= 11 is 0. The summed E-state index contributed by atoms with van der Waals surface area (Å²) in [6.45, 7) is 1.11. The Hall–Kier alpha value is -3.38. The SMILES string of the molecule is O=C1CCC(N2Cc3c(cc(F)cc3N3CCN(S(=O)(=O)c4cccnc4)CC3)C2=O)C(=O)N1. The highest BCUT2D eigenvalue weighted by Gasteiger charge is 2.41. The van der Waals surface area contributed by atoms with E-state index in [2.05, 4.69) is 10.3 Å². The van der Waals surface area contributed by atoms with Gasteiger partial charge in [-0.15, -0.1) is 0 Å². The van der Waals surface area contributed by atoms with Crippen LogP contribution in [0.4, 0.5) is 10.1 Å². The Morgan fingerprint density at radius 3 is 2.53 bits per heavy atom. The summed E-state index contributed by atoms with van der Waals surface area (Å²) in [7, 11) is -3.69. The monoisotopic (exact) mass is 487 g/mol. The highest BCUT2D eigenvalue weighted by Crippen LogP contribution is 2.35. The van der Waals surface area contributed by atoms with Crippen LogP contribution in [-0.4, -0.2) is 72.5 Å². The lowest BCUT2D eigenvalue weighted by Crippen LogP contribution is -2.52. The molecular weight excluding hydrogens is 465 g/mol. The van der Waals surface area contributed by atoms with Crippen molar-refractivity contribution < 1.29 is 27.2 Å². The number of hydrogen-bond acceptors (Lipinski definition) is 7. The second kappa shape index (κ2) is 8.44. The van der Waals surface area contributed by atoms with Crippen LogP contribution < -0.4 is 10.2 Å². The molecule has 2 fully saturated rings. The van der Waals surface area contributed by atoms with E-state index in [-0.39, 0.29) is 48.8 Å². The molecule has 0 spiro atoms. The molecule has 0 saturated carbocycles. The third-order valence-corrected chi connectivity index (χ3v) is 8.33. The largest absolute Gasteiger partial charge is 0.369 e. The molecule has 1 N–H and O–H groups in total. The third kappa shape index (κ3) is 3.82. The molecule has 3 amide bonds. The van der Waals surface area contributed by atoms with Crippen LogP contribution in [0, 0.1) is 5.82 Å². The van der Waals surface area contributed by atoms with Crippen LogP contribution in [0.1, 0.15) is 28.8 Å². The fourth-order valence-electron chi connectivity index (χ4n) is 4.71. The smallest absolute Gasteiger partial charge is 0.255 e. The topological polar surface area (TPSA) is 120 Å². The molecule has 1 aromatic heterocycles. The summed E-state index contributed by atoms with van der Waals surface area (Å²) in [5.74, 6) is -1.95. The summed E-state index contributed by atoms with van der Waals surface area (Å²) in [6, 6.07) is 4.75. The van der Waals surface area contributed by atoms with E-state index in [0.717, 1.165) is 6.07 Å². The van der Waals surface area contributed by atoms with E-state index < -0.39 is 33.7 Å². The van der Waals surface area contributed by atoms with E-state index >= 15 is 0 Å². The van der Waals surface area contributed by atoms with Gasteiger partial charge in [-0.25, -0.2) is 12.8 Å². The molecule has 3 aliphatic heterocycles. The van der Waals surface area contributed by atoms with Crippen molar-refractivity contribution in [3.8, 4) is 0 Å². The highest BCUT2D eigenvalue weighted by molar-refractivity contribution is 7.89. The van der Waals surface area contributed by atoms with Crippen molar-refractivity contribution in [3.05, 3.63) is 53.6 Å². The number of piperazine rings is 1. The molecule has 4 heterocycles. The van der Waals surface area contributed by atoms with Gasteiger partial charge in [-0.1, -0.05) is 0 Å². The number of pyridine rings is 1. The van der Waals surface area contributed by atoms with Gasteiger partial charge in [0.1, 0.15) is 16.8 Å². The Morgan fingerprint density at radius 2 is 1.85 bits per heavy atom. The normalized spacial score (nSPS) is 21.6. The van der Waals surface area contributed by atoms with Crippen LogP contribution >= 0.6 is 0 Å². The van der Waals surface area contributed by atoms with E-state index in [9.17, 15) is 27.2 Å². The van der Waals surface area contributed by atoms with E-state index in [1.165, 1.54) is 33.7 Å². The number of amides is 3. The lowest BCUT2D eigenvalue weighted by atomic mass is 10.0. The Balaban J connectivity index is 1.36. The number of carbonyl (C=O) groups is 3. The van der Waals surface area contributed by atoms with Gasteiger partial charge in [-0.05, 0) is 30.7 Å². The summed E-state index contributed by atoms with van der Waals surface area (Å²) < 4.78 is 41.6. The Morgan fingerprint density at radius 1 is 1.09 bits per heavy atom. The molecule has 5 rings (SSSR count).